The van der Waals surface area contributed by atoms with Gasteiger partial charge in [-0.25, -0.2) is 0 Å². The summed E-state index contributed by atoms with van der Waals surface area (Å²) in [4.78, 5) is 0. The van der Waals surface area contributed by atoms with Crippen molar-refractivity contribution in [3.8, 4) is 0 Å². The quantitative estimate of drug-likeness (QED) is 0.634. The zero-order valence-corrected chi connectivity index (χ0v) is 10.2. The van der Waals surface area contributed by atoms with Crippen LogP contribution in [0.1, 0.15) is 46.0 Å². The molecule has 1 aliphatic rings. The van der Waals surface area contributed by atoms with Crippen LogP contribution in [0.4, 0.5) is 0 Å². The van der Waals surface area contributed by atoms with Crippen molar-refractivity contribution in [2.24, 2.45) is 5.73 Å². The van der Waals surface area contributed by atoms with Crippen LogP contribution in [0.25, 0.3) is 0 Å². The number of nitrogens with one attached hydrogen (secondary N) is 1. The second-order valence-corrected chi connectivity index (χ2v) is 4.85. The Morgan fingerprint density at radius 1 is 1.33 bits per heavy atom. The lowest BCUT2D eigenvalue weighted by Gasteiger charge is -2.12. The highest BCUT2D eigenvalue weighted by Crippen LogP contribution is 2.16. The monoisotopic (exact) mass is 214 g/mol. The summed E-state index contributed by atoms with van der Waals surface area (Å²) in [5, 5.41) is 3.56. The maximum absolute atomic E-state index is 5.85. The van der Waals surface area contributed by atoms with Gasteiger partial charge in [0.1, 0.15) is 0 Å². The lowest BCUT2D eigenvalue weighted by atomic mass is 10.2. The van der Waals surface area contributed by atoms with E-state index < -0.39 is 0 Å². The molecular weight excluding hydrogens is 188 g/mol. The average molecular weight is 214 g/mol. The molecule has 1 aliphatic carbocycles. The van der Waals surface area contributed by atoms with E-state index in [1.54, 1.807) is 0 Å². The average Bonchev–Trinajstić information content (AvgIpc) is 2.57. The van der Waals surface area contributed by atoms with Gasteiger partial charge in [0.05, 0.1) is 6.10 Å². The molecule has 0 aromatic rings. The van der Waals surface area contributed by atoms with E-state index in [2.05, 4.69) is 19.2 Å². The van der Waals surface area contributed by atoms with Gasteiger partial charge in [-0.3, -0.25) is 0 Å². The number of rotatable bonds is 7. The van der Waals surface area contributed by atoms with E-state index in [0.29, 0.717) is 18.2 Å². The lowest BCUT2D eigenvalue weighted by Crippen LogP contribution is -2.29. The molecule has 0 bridgehead atoms. The molecule has 0 saturated heterocycles. The standard InChI is InChI=1S/C12H26N2O/c1-10(2)15-8-4-3-7-14-12-6-5-11(13)9-12/h10-12,14H,3-9,13H2,1-2H3. The van der Waals surface area contributed by atoms with E-state index in [1.807, 2.05) is 0 Å². The predicted molar refractivity (Wildman–Crippen MR) is 63.9 cm³/mol. The Labute approximate surface area is 93.8 Å². The Hall–Kier alpha value is -0.120. The van der Waals surface area contributed by atoms with Gasteiger partial charge < -0.3 is 15.8 Å². The fourth-order valence-electron chi connectivity index (χ4n) is 2.05. The van der Waals surface area contributed by atoms with Crippen LogP contribution in [0.15, 0.2) is 0 Å². The van der Waals surface area contributed by atoms with Crippen LogP contribution in [0, 0.1) is 0 Å². The van der Waals surface area contributed by atoms with Crippen molar-refractivity contribution in [3.05, 3.63) is 0 Å². The molecule has 90 valence electrons. The number of hydrogen-bond donors (Lipinski definition) is 2. The normalized spacial score (nSPS) is 26.4. The summed E-state index contributed by atoms with van der Waals surface area (Å²) in [6, 6.07) is 1.11. The van der Waals surface area contributed by atoms with E-state index in [1.165, 1.54) is 19.3 Å². The third kappa shape index (κ3) is 6.13. The maximum Gasteiger partial charge on any atom is 0.0518 e. The number of hydrogen-bond acceptors (Lipinski definition) is 3. The van der Waals surface area contributed by atoms with Gasteiger partial charge in [-0.05, 0) is 52.5 Å². The molecule has 1 rings (SSSR count). The van der Waals surface area contributed by atoms with E-state index in [4.69, 9.17) is 10.5 Å². The molecule has 15 heavy (non-hydrogen) atoms. The molecule has 0 aromatic heterocycles. The number of nitrogens with two attached hydrogens (primary N) is 1. The van der Waals surface area contributed by atoms with Crippen LogP contribution in [0.5, 0.6) is 0 Å². The number of unbranched alkanes of at least 4 members (excludes halogenated alkanes) is 1. The topological polar surface area (TPSA) is 47.3 Å². The Morgan fingerprint density at radius 3 is 2.73 bits per heavy atom. The largest absolute Gasteiger partial charge is 0.379 e. The Kier molecular flexibility index (Phi) is 6.22. The van der Waals surface area contributed by atoms with E-state index in [9.17, 15) is 0 Å². The highest BCUT2D eigenvalue weighted by Gasteiger charge is 2.20. The summed E-state index contributed by atoms with van der Waals surface area (Å²) in [6.07, 6.45) is 6.33. The lowest BCUT2D eigenvalue weighted by molar-refractivity contribution is 0.0759. The van der Waals surface area contributed by atoms with Gasteiger partial charge in [-0.15, -0.1) is 0 Å². The van der Waals surface area contributed by atoms with E-state index in [-0.39, 0.29) is 0 Å². The van der Waals surface area contributed by atoms with Gasteiger partial charge in [0.15, 0.2) is 0 Å². The van der Waals surface area contributed by atoms with Gasteiger partial charge in [0.2, 0.25) is 0 Å². The van der Waals surface area contributed by atoms with Crippen LogP contribution in [-0.4, -0.2) is 31.3 Å². The van der Waals surface area contributed by atoms with Gasteiger partial charge in [-0.1, -0.05) is 0 Å². The molecule has 1 fully saturated rings. The first-order chi connectivity index (χ1) is 7.18. The fourth-order valence-corrected chi connectivity index (χ4v) is 2.05. The summed E-state index contributed by atoms with van der Waals surface area (Å²) in [7, 11) is 0. The highest BCUT2D eigenvalue weighted by molar-refractivity contribution is 4.82. The van der Waals surface area contributed by atoms with Crippen molar-refractivity contribution in [3.63, 3.8) is 0 Å². The molecule has 3 N–H and O–H groups in total. The highest BCUT2D eigenvalue weighted by atomic mass is 16.5. The maximum atomic E-state index is 5.85. The summed E-state index contributed by atoms with van der Waals surface area (Å²) in [6.45, 7) is 6.17. The second-order valence-electron chi connectivity index (χ2n) is 4.85. The molecule has 0 aliphatic heterocycles. The first-order valence-corrected chi connectivity index (χ1v) is 6.29. The minimum Gasteiger partial charge on any atom is -0.379 e. The molecule has 2 atom stereocenters. The summed E-state index contributed by atoms with van der Waals surface area (Å²) >= 11 is 0. The SMILES string of the molecule is CC(C)OCCCCNC1CCC(N)C1. The van der Waals surface area contributed by atoms with Crippen molar-refractivity contribution >= 4 is 0 Å². The van der Waals surface area contributed by atoms with Gasteiger partial charge >= 0.3 is 0 Å². The van der Waals surface area contributed by atoms with Crippen molar-refractivity contribution < 1.29 is 4.74 Å². The molecule has 0 aromatic carbocycles. The molecule has 3 nitrogen and oxygen atoms in total. The first-order valence-electron chi connectivity index (χ1n) is 6.29. The first kappa shape index (κ1) is 12.9. The summed E-state index contributed by atoms with van der Waals surface area (Å²) in [5.41, 5.74) is 5.85. The predicted octanol–water partition coefficient (Wildman–Crippen LogP) is 1.66. The van der Waals surface area contributed by atoms with Crippen LogP contribution < -0.4 is 11.1 Å². The van der Waals surface area contributed by atoms with E-state index >= 15 is 0 Å². The third-order valence-corrected chi connectivity index (χ3v) is 2.93. The zero-order valence-electron chi connectivity index (χ0n) is 10.2. The zero-order chi connectivity index (χ0) is 11.1. The van der Waals surface area contributed by atoms with Gasteiger partial charge in [0, 0.05) is 18.7 Å². The van der Waals surface area contributed by atoms with Crippen LogP contribution >= 0.6 is 0 Å². The summed E-state index contributed by atoms with van der Waals surface area (Å²) < 4.78 is 5.48. The molecule has 0 heterocycles. The molecule has 0 amide bonds. The third-order valence-electron chi connectivity index (χ3n) is 2.93. The second kappa shape index (κ2) is 7.20. The molecule has 0 spiro atoms. The van der Waals surface area contributed by atoms with Crippen LogP contribution in [-0.2, 0) is 4.74 Å². The Balaban J connectivity index is 1.85. The molecular formula is C12H26N2O. The Bertz CT molecular complexity index is 162. The van der Waals surface area contributed by atoms with E-state index in [0.717, 1.165) is 26.0 Å². The smallest absolute Gasteiger partial charge is 0.0518 e. The van der Waals surface area contributed by atoms with Crippen LogP contribution in [0.2, 0.25) is 0 Å². The molecule has 0 radical (unpaired) electrons. The minimum absolute atomic E-state index is 0.366. The minimum atomic E-state index is 0.366. The Morgan fingerprint density at radius 2 is 2.13 bits per heavy atom. The van der Waals surface area contributed by atoms with Gasteiger partial charge in [-0.2, -0.15) is 0 Å². The summed E-state index contributed by atoms with van der Waals surface area (Å²) in [5.74, 6) is 0. The fraction of sp³-hybridized carbons (Fsp3) is 1.00. The van der Waals surface area contributed by atoms with Crippen molar-refractivity contribution in [1.82, 2.24) is 5.32 Å². The molecule has 1 saturated carbocycles. The molecule has 2 unspecified atom stereocenters. The van der Waals surface area contributed by atoms with Crippen LogP contribution in [0.3, 0.4) is 0 Å². The van der Waals surface area contributed by atoms with Crippen molar-refractivity contribution in [2.45, 2.75) is 64.1 Å². The number of ether oxygens (including phenoxy) is 1. The van der Waals surface area contributed by atoms with Crippen molar-refractivity contribution in [1.29, 1.82) is 0 Å². The van der Waals surface area contributed by atoms with Crippen molar-refractivity contribution in [2.75, 3.05) is 13.2 Å². The van der Waals surface area contributed by atoms with Gasteiger partial charge in [0.25, 0.3) is 0 Å². The molecule has 3 heteroatoms.